The Kier molecular flexibility index (Phi) is 4.46. The van der Waals surface area contributed by atoms with Gasteiger partial charge in [0, 0.05) is 25.5 Å². The molecule has 2 aliphatic rings. The number of amides is 1. The molecule has 1 spiro atoms. The molecule has 7 heteroatoms. The number of carbonyl (C=O) groups excluding carboxylic acids is 1. The quantitative estimate of drug-likeness (QED) is 0.787. The lowest BCUT2D eigenvalue weighted by Gasteiger charge is -2.43. The minimum Gasteiger partial charge on any atom is -0.352 e. The molecule has 1 aromatic rings. The van der Waals surface area contributed by atoms with Crippen molar-refractivity contribution in [1.29, 1.82) is 0 Å². The molecule has 1 atom stereocenters. The maximum atomic E-state index is 12.4. The van der Waals surface area contributed by atoms with Crippen LogP contribution in [0.4, 0.5) is 0 Å². The lowest BCUT2D eigenvalue weighted by molar-refractivity contribution is -0.168. The average Bonchev–Trinajstić information content (AvgIpc) is 2.97. The highest BCUT2D eigenvalue weighted by Crippen LogP contribution is 2.38. The maximum Gasteiger partial charge on any atom is 0.251 e. The molecule has 1 aromatic heterocycles. The number of nitrogens with zero attached hydrogens (tertiary/aromatic N) is 3. The van der Waals surface area contributed by atoms with Crippen LogP contribution < -0.4 is 10.6 Å². The number of piperidine rings is 1. The summed E-state index contributed by atoms with van der Waals surface area (Å²) in [6, 6.07) is 0. The van der Waals surface area contributed by atoms with Crippen LogP contribution in [0.1, 0.15) is 18.7 Å². The second-order valence-electron chi connectivity index (χ2n) is 6.35. The van der Waals surface area contributed by atoms with E-state index in [-0.39, 0.29) is 5.91 Å². The van der Waals surface area contributed by atoms with Gasteiger partial charge in [0.15, 0.2) is 6.10 Å². The van der Waals surface area contributed by atoms with Crippen LogP contribution in [0.25, 0.3) is 0 Å². The SMILES string of the molecule is CN(C)CCNC(=O)C1Cn2ccnc2C2(CCNCC2)O1. The zero-order valence-electron chi connectivity index (χ0n) is 13.3. The number of hydrogen-bond donors (Lipinski definition) is 2. The first-order valence-electron chi connectivity index (χ1n) is 7.93. The van der Waals surface area contributed by atoms with E-state index >= 15 is 0 Å². The van der Waals surface area contributed by atoms with Crippen molar-refractivity contribution < 1.29 is 9.53 Å². The van der Waals surface area contributed by atoms with Crippen LogP contribution in [-0.4, -0.2) is 66.7 Å². The van der Waals surface area contributed by atoms with Gasteiger partial charge in [-0.1, -0.05) is 0 Å². The zero-order valence-corrected chi connectivity index (χ0v) is 13.3. The van der Waals surface area contributed by atoms with Gasteiger partial charge in [-0.2, -0.15) is 0 Å². The molecule has 0 bridgehead atoms. The summed E-state index contributed by atoms with van der Waals surface area (Å²) >= 11 is 0. The lowest BCUT2D eigenvalue weighted by atomic mass is 9.89. The van der Waals surface area contributed by atoms with Crippen molar-refractivity contribution in [2.24, 2.45) is 0 Å². The summed E-state index contributed by atoms with van der Waals surface area (Å²) in [6.45, 7) is 3.78. The van der Waals surface area contributed by atoms with Crippen molar-refractivity contribution in [1.82, 2.24) is 25.1 Å². The van der Waals surface area contributed by atoms with Gasteiger partial charge in [0.2, 0.25) is 0 Å². The third-order valence-corrected chi connectivity index (χ3v) is 4.42. The predicted octanol–water partition coefficient (Wildman–Crippen LogP) is -0.462. The molecule has 2 N–H and O–H groups in total. The summed E-state index contributed by atoms with van der Waals surface area (Å²) in [7, 11) is 3.98. The highest BCUT2D eigenvalue weighted by molar-refractivity contribution is 5.80. The van der Waals surface area contributed by atoms with Gasteiger partial charge in [-0.25, -0.2) is 4.98 Å². The van der Waals surface area contributed by atoms with Crippen molar-refractivity contribution >= 4 is 5.91 Å². The number of hydrogen-bond acceptors (Lipinski definition) is 5. The Morgan fingerprint density at radius 2 is 2.32 bits per heavy atom. The number of imidazole rings is 1. The first kappa shape index (κ1) is 15.5. The molecule has 0 radical (unpaired) electrons. The van der Waals surface area contributed by atoms with E-state index in [9.17, 15) is 4.79 Å². The number of rotatable bonds is 4. The molecule has 1 saturated heterocycles. The molecule has 122 valence electrons. The van der Waals surface area contributed by atoms with Crippen LogP contribution in [0.2, 0.25) is 0 Å². The second-order valence-corrected chi connectivity index (χ2v) is 6.35. The molecular weight excluding hydrogens is 282 g/mol. The summed E-state index contributed by atoms with van der Waals surface area (Å²) in [6.07, 6.45) is 5.01. The molecular formula is C15H25N5O2. The molecule has 1 unspecified atom stereocenters. The first-order valence-corrected chi connectivity index (χ1v) is 7.93. The Labute approximate surface area is 131 Å². The highest BCUT2D eigenvalue weighted by Gasteiger charge is 2.45. The van der Waals surface area contributed by atoms with Crippen molar-refractivity contribution in [2.75, 3.05) is 40.3 Å². The fraction of sp³-hybridized carbons (Fsp3) is 0.733. The van der Waals surface area contributed by atoms with Crippen molar-refractivity contribution in [2.45, 2.75) is 31.1 Å². The van der Waals surface area contributed by atoms with Gasteiger partial charge >= 0.3 is 0 Å². The van der Waals surface area contributed by atoms with Crippen LogP contribution in [0, 0.1) is 0 Å². The Hall–Kier alpha value is -1.44. The Morgan fingerprint density at radius 3 is 3.05 bits per heavy atom. The van der Waals surface area contributed by atoms with Gasteiger partial charge in [-0.15, -0.1) is 0 Å². The number of ether oxygens (including phenoxy) is 1. The maximum absolute atomic E-state index is 12.4. The van der Waals surface area contributed by atoms with Crippen LogP contribution in [-0.2, 0) is 21.7 Å². The molecule has 2 aliphatic heterocycles. The highest BCUT2D eigenvalue weighted by atomic mass is 16.5. The van der Waals surface area contributed by atoms with Gasteiger partial charge in [0.05, 0.1) is 6.54 Å². The van der Waals surface area contributed by atoms with E-state index in [1.807, 2.05) is 25.2 Å². The van der Waals surface area contributed by atoms with Crippen LogP contribution in [0.15, 0.2) is 12.4 Å². The topological polar surface area (TPSA) is 71.4 Å². The predicted molar refractivity (Wildman–Crippen MR) is 82.4 cm³/mol. The summed E-state index contributed by atoms with van der Waals surface area (Å²) in [5, 5.41) is 6.32. The molecule has 3 rings (SSSR count). The Balaban J connectivity index is 1.71. The molecule has 22 heavy (non-hydrogen) atoms. The van der Waals surface area contributed by atoms with Crippen molar-refractivity contribution in [3.05, 3.63) is 18.2 Å². The van der Waals surface area contributed by atoms with Gasteiger partial charge < -0.3 is 24.8 Å². The summed E-state index contributed by atoms with van der Waals surface area (Å²) < 4.78 is 8.34. The van der Waals surface area contributed by atoms with Crippen LogP contribution in [0.5, 0.6) is 0 Å². The summed E-state index contributed by atoms with van der Waals surface area (Å²) in [5.41, 5.74) is -0.420. The fourth-order valence-electron chi connectivity index (χ4n) is 3.22. The molecule has 3 heterocycles. The van der Waals surface area contributed by atoms with Crippen LogP contribution in [0.3, 0.4) is 0 Å². The van der Waals surface area contributed by atoms with Gasteiger partial charge in [0.1, 0.15) is 11.4 Å². The van der Waals surface area contributed by atoms with Gasteiger partial charge in [-0.3, -0.25) is 4.79 Å². The van der Waals surface area contributed by atoms with E-state index in [2.05, 4.69) is 20.2 Å². The van der Waals surface area contributed by atoms with E-state index in [0.29, 0.717) is 13.1 Å². The molecule has 0 aromatic carbocycles. The van der Waals surface area contributed by atoms with E-state index in [1.165, 1.54) is 0 Å². The Morgan fingerprint density at radius 1 is 1.55 bits per heavy atom. The number of aromatic nitrogens is 2. The number of likely N-dealkylation sites (N-methyl/N-ethyl adjacent to an activating group) is 1. The Bertz CT molecular complexity index is 522. The van der Waals surface area contributed by atoms with E-state index < -0.39 is 11.7 Å². The molecule has 1 fully saturated rings. The summed E-state index contributed by atoms with van der Waals surface area (Å²) in [4.78, 5) is 19.0. The minimum atomic E-state index is -0.443. The van der Waals surface area contributed by atoms with E-state index in [1.54, 1.807) is 6.20 Å². The zero-order chi connectivity index (χ0) is 15.6. The van der Waals surface area contributed by atoms with Gasteiger partial charge in [-0.05, 0) is 40.0 Å². The molecule has 7 nitrogen and oxygen atoms in total. The number of fused-ring (bicyclic) bond motifs is 2. The standard InChI is InChI=1S/C15H25N5O2/c1-19(2)9-7-17-13(21)12-11-20-10-8-18-14(20)15(22-12)3-5-16-6-4-15/h8,10,12,16H,3-7,9,11H2,1-2H3,(H,17,21). The number of nitrogens with one attached hydrogen (secondary N) is 2. The van der Waals surface area contributed by atoms with E-state index in [0.717, 1.165) is 38.3 Å². The molecule has 0 aliphatic carbocycles. The lowest BCUT2D eigenvalue weighted by Crippen LogP contribution is -2.53. The van der Waals surface area contributed by atoms with Crippen molar-refractivity contribution in [3.63, 3.8) is 0 Å². The minimum absolute atomic E-state index is 0.0286. The smallest absolute Gasteiger partial charge is 0.251 e. The second kappa shape index (κ2) is 6.36. The normalized spacial score (nSPS) is 23.5. The largest absolute Gasteiger partial charge is 0.352 e. The fourth-order valence-corrected chi connectivity index (χ4v) is 3.22. The van der Waals surface area contributed by atoms with Crippen LogP contribution >= 0.6 is 0 Å². The molecule has 1 amide bonds. The summed E-state index contributed by atoms with van der Waals surface area (Å²) in [5.74, 6) is 0.936. The van der Waals surface area contributed by atoms with E-state index in [4.69, 9.17) is 4.74 Å². The average molecular weight is 307 g/mol. The third kappa shape index (κ3) is 3.02. The monoisotopic (exact) mass is 307 g/mol. The number of carbonyl (C=O) groups is 1. The first-order chi connectivity index (χ1) is 10.6. The van der Waals surface area contributed by atoms with Gasteiger partial charge in [0.25, 0.3) is 5.91 Å². The van der Waals surface area contributed by atoms with Crippen molar-refractivity contribution in [3.8, 4) is 0 Å². The molecule has 0 saturated carbocycles. The third-order valence-electron chi connectivity index (χ3n) is 4.42.